The Morgan fingerprint density at radius 1 is 1.15 bits per heavy atom. The van der Waals surface area contributed by atoms with Gasteiger partial charge in [-0.3, -0.25) is 14.5 Å². The number of benzene rings is 1. The van der Waals surface area contributed by atoms with Gasteiger partial charge < -0.3 is 10.2 Å². The van der Waals surface area contributed by atoms with E-state index in [1.54, 1.807) is 11.8 Å². The van der Waals surface area contributed by atoms with Gasteiger partial charge in [0, 0.05) is 38.8 Å². The first-order chi connectivity index (χ1) is 9.54. The molecule has 0 spiro atoms. The summed E-state index contributed by atoms with van der Waals surface area (Å²) >= 11 is 0. The summed E-state index contributed by atoms with van der Waals surface area (Å²) in [5.74, 6) is -0.392. The van der Waals surface area contributed by atoms with Crippen LogP contribution >= 0.6 is 0 Å². The summed E-state index contributed by atoms with van der Waals surface area (Å²) in [4.78, 5) is 26.8. The summed E-state index contributed by atoms with van der Waals surface area (Å²) in [6.45, 7) is 4.52. The molecule has 5 nitrogen and oxygen atoms in total. The van der Waals surface area contributed by atoms with E-state index in [1.165, 1.54) is 24.3 Å². The molecule has 1 aromatic rings. The molecule has 1 N–H and O–H groups in total. The quantitative estimate of drug-likeness (QED) is 0.895. The van der Waals surface area contributed by atoms with Gasteiger partial charge in [0.1, 0.15) is 5.82 Å². The van der Waals surface area contributed by atoms with Gasteiger partial charge in [0.25, 0.3) is 0 Å². The third-order valence-electron chi connectivity index (χ3n) is 3.31. The molecule has 0 saturated carbocycles. The van der Waals surface area contributed by atoms with E-state index >= 15 is 0 Å². The zero-order valence-corrected chi connectivity index (χ0v) is 11.4. The van der Waals surface area contributed by atoms with Crippen LogP contribution in [-0.2, 0) is 9.59 Å². The van der Waals surface area contributed by atoms with Crippen molar-refractivity contribution in [3.05, 3.63) is 30.1 Å². The number of rotatable bonds is 3. The van der Waals surface area contributed by atoms with Crippen molar-refractivity contribution in [2.45, 2.75) is 6.92 Å². The fourth-order valence-electron chi connectivity index (χ4n) is 2.16. The first kappa shape index (κ1) is 14.5. The van der Waals surface area contributed by atoms with Gasteiger partial charge in [0.05, 0.1) is 6.54 Å². The molecule has 1 heterocycles. The van der Waals surface area contributed by atoms with Gasteiger partial charge >= 0.3 is 0 Å². The van der Waals surface area contributed by atoms with Crippen LogP contribution in [-0.4, -0.2) is 54.3 Å². The number of hydrogen-bond acceptors (Lipinski definition) is 3. The van der Waals surface area contributed by atoms with Gasteiger partial charge in [-0.15, -0.1) is 0 Å². The summed E-state index contributed by atoms with van der Waals surface area (Å²) < 4.78 is 12.7. The molecule has 2 amide bonds. The van der Waals surface area contributed by atoms with Gasteiger partial charge in [-0.2, -0.15) is 0 Å². The molecule has 1 aliphatic rings. The lowest BCUT2D eigenvalue weighted by molar-refractivity contribution is -0.130. The van der Waals surface area contributed by atoms with E-state index in [1.807, 2.05) is 4.90 Å². The average molecular weight is 279 g/mol. The highest BCUT2D eigenvalue weighted by Crippen LogP contribution is 2.08. The summed E-state index contributed by atoms with van der Waals surface area (Å²) in [5, 5.41) is 2.72. The van der Waals surface area contributed by atoms with Gasteiger partial charge in [0.15, 0.2) is 0 Å². The van der Waals surface area contributed by atoms with Crippen LogP contribution in [0.25, 0.3) is 0 Å². The lowest BCUT2D eigenvalue weighted by atomic mass is 10.3. The molecule has 6 heteroatoms. The van der Waals surface area contributed by atoms with Crippen molar-refractivity contribution in [1.82, 2.24) is 9.80 Å². The first-order valence-electron chi connectivity index (χ1n) is 6.58. The zero-order valence-electron chi connectivity index (χ0n) is 11.4. The number of hydrogen-bond donors (Lipinski definition) is 1. The second-order valence-electron chi connectivity index (χ2n) is 4.84. The van der Waals surface area contributed by atoms with Gasteiger partial charge in [-0.05, 0) is 24.3 Å². The van der Waals surface area contributed by atoms with E-state index < -0.39 is 0 Å². The molecular formula is C14H18FN3O2. The van der Waals surface area contributed by atoms with Crippen molar-refractivity contribution in [3.8, 4) is 0 Å². The monoisotopic (exact) mass is 279 g/mol. The number of nitrogens with zero attached hydrogens (tertiary/aromatic N) is 2. The van der Waals surface area contributed by atoms with Crippen LogP contribution in [0, 0.1) is 5.82 Å². The molecule has 0 aromatic heterocycles. The third-order valence-corrected chi connectivity index (χ3v) is 3.31. The fourth-order valence-corrected chi connectivity index (χ4v) is 2.16. The van der Waals surface area contributed by atoms with E-state index in [-0.39, 0.29) is 24.2 Å². The molecule has 1 aromatic carbocycles. The van der Waals surface area contributed by atoms with Crippen LogP contribution < -0.4 is 5.32 Å². The Kier molecular flexibility index (Phi) is 4.68. The van der Waals surface area contributed by atoms with Crippen molar-refractivity contribution >= 4 is 17.5 Å². The Labute approximate surface area is 117 Å². The smallest absolute Gasteiger partial charge is 0.238 e. The summed E-state index contributed by atoms with van der Waals surface area (Å²) in [5.41, 5.74) is 0.582. The predicted molar refractivity (Wildman–Crippen MR) is 73.7 cm³/mol. The minimum absolute atomic E-state index is 0.0698. The molecule has 1 aliphatic heterocycles. The van der Waals surface area contributed by atoms with E-state index in [0.29, 0.717) is 31.9 Å². The van der Waals surface area contributed by atoms with E-state index in [0.717, 1.165) is 0 Å². The maximum Gasteiger partial charge on any atom is 0.238 e. The minimum Gasteiger partial charge on any atom is -0.340 e. The normalized spacial score (nSPS) is 16.0. The number of piperazine rings is 1. The zero-order chi connectivity index (χ0) is 14.5. The van der Waals surface area contributed by atoms with E-state index in [4.69, 9.17) is 0 Å². The van der Waals surface area contributed by atoms with Crippen LogP contribution in [0.3, 0.4) is 0 Å². The molecule has 0 unspecified atom stereocenters. The molecule has 0 radical (unpaired) electrons. The fraction of sp³-hybridized carbons (Fsp3) is 0.429. The average Bonchev–Trinajstić information content (AvgIpc) is 2.42. The molecule has 20 heavy (non-hydrogen) atoms. The lowest BCUT2D eigenvalue weighted by Gasteiger charge is -2.33. The highest BCUT2D eigenvalue weighted by Gasteiger charge is 2.20. The Hall–Kier alpha value is -1.95. The van der Waals surface area contributed by atoms with Crippen molar-refractivity contribution < 1.29 is 14.0 Å². The molecule has 1 saturated heterocycles. The molecule has 0 atom stereocenters. The second-order valence-corrected chi connectivity index (χ2v) is 4.84. The number of carbonyl (C=O) groups excluding carboxylic acids is 2. The molecule has 2 rings (SSSR count). The summed E-state index contributed by atoms with van der Waals surface area (Å²) in [6.07, 6.45) is 0. The van der Waals surface area contributed by atoms with Crippen LogP contribution in [0.1, 0.15) is 6.92 Å². The largest absolute Gasteiger partial charge is 0.340 e. The number of anilines is 1. The Bertz CT molecular complexity index is 482. The van der Waals surface area contributed by atoms with E-state index in [9.17, 15) is 14.0 Å². The van der Waals surface area contributed by atoms with Crippen molar-refractivity contribution in [1.29, 1.82) is 0 Å². The van der Waals surface area contributed by atoms with E-state index in [2.05, 4.69) is 5.32 Å². The van der Waals surface area contributed by atoms with Gasteiger partial charge in [-0.1, -0.05) is 0 Å². The first-order valence-corrected chi connectivity index (χ1v) is 6.58. The highest BCUT2D eigenvalue weighted by molar-refractivity contribution is 5.92. The Morgan fingerprint density at radius 2 is 1.75 bits per heavy atom. The maximum absolute atomic E-state index is 12.7. The number of halogens is 1. The standard InChI is InChI=1S/C14H18FN3O2/c1-11(19)18-8-6-17(7-9-18)10-14(20)16-13-4-2-12(15)3-5-13/h2-5H,6-10H2,1H3,(H,16,20). The van der Waals surface area contributed by atoms with Crippen LogP contribution in [0.2, 0.25) is 0 Å². The second kappa shape index (κ2) is 6.47. The maximum atomic E-state index is 12.7. The van der Waals surface area contributed by atoms with Gasteiger partial charge in [-0.25, -0.2) is 4.39 Å². The molecule has 0 bridgehead atoms. The molecule has 108 valence electrons. The Balaban J connectivity index is 1.78. The van der Waals surface area contributed by atoms with Crippen molar-refractivity contribution in [3.63, 3.8) is 0 Å². The van der Waals surface area contributed by atoms with Crippen LogP contribution in [0.5, 0.6) is 0 Å². The highest BCUT2D eigenvalue weighted by atomic mass is 19.1. The predicted octanol–water partition coefficient (Wildman–Crippen LogP) is 0.928. The van der Waals surface area contributed by atoms with Crippen LogP contribution in [0.15, 0.2) is 24.3 Å². The number of carbonyl (C=O) groups is 2. The number of amides is 2. The molecule has 0 aliphatic carbocycles. The Morgan fingerprint density at radius 3 is 2.30 bits per heavy atom. The SMILES string of the molecule is CC(=O)N1CCN(CC(=O)Nc2ccc(F)cc2)CC1. The molecule has 1 fully saturated rings. The molecular weight excluding hydrogens is 261 g/mol. The minimum atomic E-state index is -0.330. The summed E-state index contributed by atoms with van der Waals surface area (Å²) in [7, 11) is 0. The van der Waals surface area contributed by atoms with Crippen LogP contribution in [0.4, 0.5) is 10.1 Å². The van der Waals surface area contributed by atoms with Gasteiger partial charge in [0.2, 0.25) is 11.8 Å². The third kappa shape index (κ3) is 4.03. The summed E-state index contributed by atoms with van der Waals surface area (Å²) in [6, 6.07) is 5.67. The topological polar surface area (TPSA) is 52.7 Å². The van der Waals surface area contributed by atoms with Crippen molar-refractivity contribution in [2.24, 2.45) is 0 Å². The number of nitrogens with one attached hydrogen (secondary N) is 1. The van der Waals surface area contributed by atoms with Crippen molar-refractivity contribution in [2.75, 3.05) is 38.0 Å². The lowest BCUT2D eigenvalue weighted by Crippen LogP contribution is -2.49.